The van der Waals surface area contributed by atoms with Crippen LogP contribution in [0.1, 0.15) is 15.2 Å². The Kier molecular flexibility index (Phi) is 4.38. The molecule has 0 radical (unpaired) electrons. The van der Waals surface area contributed by atoms with Crippen molar-refractivity contribution in [2.75, 3.05) is 7.11 Å². The molecule has 0 aliphatic heterocycles. The second kappa shape index (κ2) is 6.02. The molecule has 0 saturated carbocycles. The van der Waals surface area contributed by atoms with E-state index < -0.39 is 0 Å². The number of amides is 1. The topological polar surface area (TPSA) is 38.3 Å². The molecule has 0 saturated heterocycles. The zero-order chi connectivity index (χ0) is 13.0. The van der Waals surface area contributed by atoms with Crippen molar-refractivity contribution in [3.63, 3.8) is 0 Å². The summed E-state index contributed by atoms with van der Waals surface area (Å²) >= 11 is 4.75. The summed E-state index contributed by atoms with van der Waals surface area (Å²) in [5.41, 5.74) is 1.04. The van der Waals surface area contributed by atoms with Crippen LogP contribution in [0.25, 0.3) is 0 Å². The summed E-state index contributed by atoms with van der Waals surface area (Å²) < 4.78 is 6.01. The smallest absolute Gasteiger partial charge is 0.261 e. The predicted molar refractivity (Wildman–Crippen MR) is 76.2 cm³/mol. The van der Waals surface area contributed by atoms with Crippen molar-refractivity contribution in [2.24, 2.45) is 0 Å². The van der Waals surface area contributed by atoms with Gasteiger partial charge in [-0.2, -0.15) is 0 Å². The third-order valence-corrected chi connectivity index (χ3v) is 4.09. The highest BCUT2D eigenvalue weighted by molar-refractivity contribution is 9.10. The van der Waals surface area contributed by atoms with Gasteiger partial charge >= 0.3 is 0 Å². The number of hydrogen-bond acceptors (Lipinski definition) is 3. The maximum atomic E-state index is 11.8. The van der Waals surface area contributed by atoms with E-state index in [4.69, 9.17) is 4.74 Å². The number of nitrogens with one attached hydrogen (secondary N) is 1. The minimum atomic E-state index is -0.0541. The molecule has 0 bridgehead atoms. The van der Waals surface area contributed by atoms with Crippen molar-refractivity contribution in [1.29, 1.82) is 0 Å². The van der Waals surface area contributed by atoms with Gasteiger partial charge in [0.15, 0.2) is 0 Å². The fourth-order valence-corrected chi connectivity index (χ4v) is 2.79. The fraction of sp³-hybridized carbons (Fsp3) is 0.154. The van der Waals surface area contributed by atoms with Gasteiger partial charge in [0, 0.05) is 16.4 Å². The lowest BCUT2D eigenvalue weighted by atomic mass is 10.2. The lowest BCUT2D eigenvalue weighted by Gasteiger charge is -2.05. The van der Waals surface area contributed by atoms with E-state index in [0.717, 1.165) is 15.8 Å². The predicted octanol–water partition coefficient (Wildman–Crippen LogP) is 3.45. The Morgan fingerprint density at radius 1 is 1.39 bits per heavy atom. The summed E-state index contributed by atoms with van der Waals surface area (Å²) in [4.78, 5) is 12.5. The Bertz CT molecular complexity index is 536. The molecule has 0 atom stereocenters. The van der Waals surface area contributed by atoms with Crippen molar-refractivity contribution in [3.8, 4) is 5.75 Å². The monoisotopic (exact) mass is 325 g/mol. The number of benzene rings is 1. The lowest BCUT2D eigenvalue weighted by Crippen LogP contribution is -2.21. The van der Waals surface area contributed by atoms with Gasteiger partial charge in [-0.25, -0.2) is 0 Å². The quantitative estimate of drug-likeness (QED) is 0.935. The largest absolute Gasteiger partial charge is 0.497 e. The third-order valence-electron chi connectivity index (χ3n) is 2.40. The molecule has 1 aromatic heterocycles. The normalized spacial score (nSPS) is 10.1. The van der Waals surface area contributed by atoms with Crippen LogP contribution in [0.15, 0.2) is 40.2 Å². The van der Waals surface area contributed by atoms with Crippen LogP contribution in [-0.4, -0.2) is 13.0 Å². The molecule has 1 heterocycles. The van der Waals surface area contributed by atoms with Gasteiger partial charge < -0.3 is 10.1 Å². The Hall–Kier alpha value is -1.33. The average molecular weight is 326 g/mol. The number of methoxy groups -OCH3 is 1. The van der Waals surface area contributed by atoms with E-state index in [1.54, 1.807) is 7.11 Å². The van der Waals surface area contributed by atoms with Crippen LogP contribution in [0.2, 0.25) is 0 Å². The lowest BCUT2D eigenvalue weighted by molar-refractivity contribution is 0.0955. The van der Waals surface area contributed by atoms with Gasteiger partial charge in [0.2, 0.25) is 0 Å². The van der Waals surface area contributed by atoms with Gasteiger partial charge in [-0.15, -0.1) is 11.3 Å². The van der Waals surface area contributed by atoms with Crippen LogP contribution >= 0.6 is 27.3 Å². The molecule has 0 fully saturated rings. The van der Waals surface area contributed by atoms with Crippen molar-refractivity contribution >= 4 is 33.2 Å². The molecule has 18 heavy (non-hydrogen) atoms. The highest BCUT2D eigenvalue weighted by Crippen LogP contribution is 2.19. The Morgan fingerprint density at radius 3 is 2.67 bits per heavy atom. The summed E-state index contributed by atoms with van der Waals surface area (Å²) in [5.74, 6) is 0.758. The molecule has 2 rings (SSSR count). The van der Waals surface area contributed by atoms with Crippen LogP contribution in [0.5, 0.6) is 5.75 Å². The van der Waals surface area contributed by atoms with Gasteiger partial charge in [-0.3, -0.25) is 4.79 Å². The first-order valence-electron chi connectivity index (χ1n) is 5.34. The van der Waals surface area contributed by atoms with Crippen LogP contribution in [0.4, 0.5) is 0 Å². The molecule has 1 aromatic carbocycles. The maximum absolute atomic E-state index is 11.8. The number of rotatable bonds is 4. The molecule has 0 spiro atoms. The molecule has 94 valence electrons. The standard InChI is InChI=1S/C13H12BrNO2S/c1-17-11-4-2-9(3-5-11)7-15-13(16)12-6-10(14)8-18-12/h2-6,8H,7H2,1H3,(H,15,16). The second-order valence-corrected chi connectivity index (χ2v) is 5.49. The number of halogens is 1. The first kappa shape index (κ1) is 13.1. The van der Waals surface area contributed by atoms with Gasteiger partial charge in [0.1, 0.15) is 5.75 Å². The summed E-state index contributed by atoms with van der Waals surface area (Å²) in [6.07, 6.45) is 0. The molecule has 0 aliphatic rings. The van der Waals surface area contributed by atoms with E-state index in [1.165, 1.54) is 11.3 Å². The zero-order valence-electron chi connectivity index (χ0n) is 9.77. The minimum absolute atomic E-state index is 0.0541. The molecular weight excluding hydrogens is 314 g/mol. The average Bonchev–Trinajstić information content (AvgIpc) is 2.83. The molecule has 5 heteroatoms. The van der Waals surface area contributed by atoms with Crippen molar-refractivity contribution < 1.29 is 9.53 Å². The van der Waals surface area contributed by atoms with E-state index in [1.807, 2.05) is 35.7 Å². The van der Waals surface area contributed by atoms with Crippen LogP contribution in [-0.2, 0) is 6.54 Å². The van der Waals surface area contributed by atoms with Gasteiger partial charge in [0.25, 0.3) is 5.91 Å². The molecule has 1 amide bonds. The van der Waals surface area contributed by atoms with Crippen LogP contribution < -0.4 is 10.1 Å². The van der Waals surface area contributed by atoms with E-state index >= 15 is 0 Å². The number of carbonyl (C=O) groups excluding carboxylic acids is 1. The molecule has 3 nitrogen and oxygen atoms in total. The van der Waals surface area contributed by atoms with E-state index in [0.29, 0.717) is 11.4 Å². The maximum Gasteiger partial charge on any atom is 0.261 e. The van der Waals surface area contributed by atoms with Crippen LogP contribution in [0.3, 0.4) is 0 Å². The molecule has 2 aromatic rings. The minimum Gasteiger partial charge on any atom is -0.497 e. The number of hydrogen-bond donors (Lipinski definition) is 1. The summed E-state index contributed by atoms with van der Waals surface area (Å²) in [6, 6.07) is 9.44. The Balaban J connectivity index is 1.92. The van der Waals surface area contributed by atoms with Crippen LogP contribution in [0, 0.1) is 0 Å². The number of ether oxygens (including phenoxy) is 1. The Labute approximate surface area is 118 Å². The highest BCUT2D eigenvalue weighted by Gasteiger charge is 2.07. The van der Waals surface area contributed by atoms with E-state index in [2.05, 4.69) is 21.2 Å². The first-order chi connectivity index (χ1) is 8.69. The van der Waals surface area contributed by atoms with E-state index in [9.17, 15) is 4.79 Å². The first-order valence-corrected chi connectivity index (χ1v) is 7.01. The summed E-state index contributed by atoms with van der Waals surface area (Å²) in [6.45, 7) is 0.512. The van der Waals surface area contributed by atoms with Crippen molar-refractivity contribution in [1.82, 2.24) is 5.32 Å². The molecule has 0 aliphatic carbocycles. The molecule has 0 unspecified atom stereocenters. The second-order valence-electron chi connectivity index (χ2n) is 3.66. The SMILES string of the molecule is COc1ccc(CNC(=O)c2cc(Br)cs2)cc1. The highest BCUT2D eigenvalue weighted by atomic mass is 79.9. The fourth-order valence-electron chi connectivity index (χ4n) is 1.44. The molecular formula is C13H12BrNO2S. The third kappa shape index (κ3) is 3.34. The number of carbonyl (C=O) groups is 1. The molecule has 1 N–H and O–H groups in total. The van der Waals surface area contributed by atoms with Crippen molar-refractivity contribution in [3.05, 3.63) is 50.6 Å². The van der Waals surface area contributed by atoms with Gasteiger partial charge in [-0.1, -0.05) is 12.1 Å². The van der Waals surface area contributed by atoms with Gasteiger partial charge in [0.05, 0.1) is 12.0 Å². The van der Waals surface area contributed by atoms with Crippen molar-refractivity contribution in [2.45, 2.75) is 6.54 Å². The number of thiophene rings is 1. The Morgan fingerprint density at radius 2 is 2.11 bits per heavy atom. The summed E-state index contributed by atoms with van der Waals surface area (Å²) in [5, 5.41) is 4.77. The zero-order valence-corrected chi connectivity index (χ0v) is 12.2. The van der Waals surface area contributed by atoms with Gasteiger partial charge in [-0.05, 0) is 39.7 Å². The van der Waals surface area contributed by atoms with E-state index in [-0.39, 0.29) is 5.91 Å². The summed E-state index contributed by atoms with van der Waals surface area (Å²) in [7, 11) is 1.63.